The molecule has 48 atom stereocenters. The minimum absolute atomic E-state index is 0.0184. The van der Waals surface area contributed by atoms with Gasteiger partial charge in [-0.2, -0.15) is 0 Å². The van der Waals surface area contributed by atoms with E-state index >= 15 is 4.79 Å². The number of allylic oxidation sites excluding steroid dienone is 2. The van der Waals surface area contributed by atoms with E-state index in [1.54, 1.807) is 6.92 Å². The van der Waals surface area contributed by atoms with Crippen LogP contribution in [0.3, 0.4) is 0 Å². The molecule has 670 valence electrons. The molecule has 0 aromatic rings. The molecule has 13 aliphatic rings. The van der Waals surface area contributed by atoms with Crippen LogP contribution in [0.15, 0.2) is 11.6 Å². The number of aldehydes is 1. The fourth-order valence-corrected chi connectivity index (χ4v) is 21.7. The van der Waals surface area contributed by atoms with Gasteiger partial charge in [0.1, 0.15) is 164 Å². The predicted octanol–water partition coefficient (Wildman–Crippen LogP) is -8.14. The third kappa shape index (κ3) is 16.0. The maximum Gasteiger partial charge on any atom is 0.335 e. The van der Waals surface area contributed by atoms with Crippen molar-refractivity contribution >= 4 is 18.2 Å². The van der Waals surface area contributed by atoms with E-state index in [2.05, 4.69) is 26.8 Å². The number of carbonyl (C=O) groups excluding carboxylic acids is 2. The van der Waals surface area contributed by atoms with Crippen LogP contribution in [-0.2, 0) is 90.2 Å². The van der Waals surface area contributed by atoms with E-state index in [9.17, 15) is 122 Å². The summed E-state index contributed by atoms with van der Waals surface area (Å²) in [5.74, 6) is -4.30. The Hall–Kier alpha value is -3.09. The Bertz CT molecular complexity index is 3460. The Morgan fingerprint density at radius 2 is 0.932 bits per heavy atom. The van der Waals surface area contributed by atoms with E-state index in [0.717, 1.165) is 11.9 Å². The summed E-state index contributed by atoms with van der Waals surface area (Å²) in [4.78, 5) is 43.5. The van der Waals surface area contributed by atoms with Crippen LogP contribution in [-0.4, -0.2) is 403 Å². The first-order valence-electron chi connectivity index (χ1n) is 40.4. The van der Waals surface area contributed by atoms with Gasteiger partial charge in [-0.15, -0.1) is 0 Å². The molecule has 41 nitrogen and oxygen atoms in total. The fraction of sp³-hybridized carbons (Fsp3) is 0.934. The summed E-state index contributed by atoms with van der Waals surface area (Å²) in [5.41, 5.74) is -5.23. The van der Waals surface area contributed by atoms with Gasteiger partial charge in [-0.1, -0.05) is 53.2 Å². The van der Waals surface area contributed by atoms with Crippen molar-refractivity contribution in [3.05, 3.63) is 11.6 Å². The van der Waals surface area contributed by atoms with Crippen LogP contribution in [0.5, 0.6) is 0 Å². The molecule has 4 saturated carbocycles. The maximum absolute atomic E-state index is 16.1. The van der Waals surface area contributed by atoms with Gasteiger partial charge in [0.05, 0.1) is 62.4 Å². The van der Waals surface area contributed by atoms with Crippen molar-refractivity contribution in [3.63, 3.8) is 0 Å². The summed E-state index contributed by atoms with van der Waals surface area (Å²) in [6.07, 6.45) is -68.8. The van der Waals surface area contributed by atoms with Crippen LogP contribution in [0.25, 0.3) is 0 Å². The standard InChI is InChI=1S/C76H120O41/c1-25-38(83)44(89)49(94)64(104-25)112-56-51(96)58(61(99)100)114-69(60(56)116-65-50(95)45(90)42(87)32(20-77)107-65)109-37-13-14-72(6)34(73(37,7)24-79)12-15-74(8)35(72)11-10-28-29-18-71(4,5)16-17-76(29,36(82)19-75(28,74)9)70(101)117-68-59(46(91)39(84)26(2)105-68)115-66-53(98)57(54(27(3)106-66)110-62-47(92)40(85)30(80)22-102-62)113-67-52(97)55(43(88)33(21-78)108-67)111-63-48(93)41(86)31(81)23-103-63/h10,24-27,29-60,62-69,77-78,80-98H,11-23H2,1-9H3,(H,99,100). The quantitative estimate of drug-likeness (QED) is 0.0233. The van der Waals surface area contributed by atoms with Crippen LogP contribution in [0.4, 0.5) is 0 Å². The lowest BCUT2D eigenvalue weighted by Crippen LogP contribution is -2.69. The van der Waals surface area contributed by atoms with E-state index in [1.165, 1.54) is 20.8 Å². The first-order valence-corrected chi connectivity index (χ1v) is 40.4. The third-order valence-corrected chi connectivity index (χ3v) is 28.9. The zero-order valence-electron chi connectivity index (χ0n) is 66.3. The van der Waals surface area contributed by atoms with Gasteiger partial charge in [0.2, 0.25) is 6.29 Å². The maximum atomic E-state index is 16.1. The van der Waals surface area contributed by atoms with Gasteiger partial charge in [0, 0.05) is 0 Å². The molecule has 0 amide bonds. The highest BCUT2D eigenvalue weighted by Gasteiger charge is 2.74. The summed E-state index contributed by atoms with van der Waals surface area (Å²) >= 11 is 0. The molecule has 5 aliphatic carbocycles. The second-order valence-corrected chi connectivity index (χ2v) is 36.4. The smallest absolute Gasteiger partial charge is 0.335 e. The van der Waals surface area contributed by atoms with Crippen LogP contribution < -0.4 is 0 Å². The highest BCUT2D eigenvalue weighted by Crippen LogP contribution is 2.76. The molecule has 13 rings (SSSR count). The highest BCUT2D eigenvalue weighted by atomic mass is 16.8. The van der Waals surface area contributed by atoms with Gasteiger partial charge in [-0.05, 0) is 118 Å². The van der Waals surface area contributed by atoms with Crippen molar-refractivity contribution in [1.82, 2.24) is 0 Å². The summed E-state index contributed by atoms with van der Waals surface area (Å²) in [5, 5.41) is 245. The lowest BCUT2D eigenvalue weighted by molar-refractivity contribution is -0.399. The molecule has 8 aliphatic heterocycles. The first kappa shape index (κ1) is 91.6. The van der Waals surface area contributed by atoms with Gasteiger partial charge < -0.3 is 193 Å². The van der Waals surface area contributed by atoms with Crippen molar-refractivity contribution in [2.24, 2.45) is 50.2 Å². The Morgan fingerprint density at radius 1 is 0.444 bits per heavy atom. The average Bonchev–Trinajstić information content (AvgIpc) is 0.669. The van der Waals surface area contributed by atoms with Gasteiger partial charge in [-0.3, -0.25) is 4.79 Å². The molecule has 0 bridgehead atoms. The summed E-state index contributed by atoms with van der Waals surface area (Å²) in [6, 6.07) is 0. The molecule has 48 unspecified atom stereocenters. The monoisotopic (exact) mass is 1690 g/mol. The number of carboxylic acids is 1. The molecular formula is C76H120O41. The lowest BCUT2D eigenvalue weighted by atomic mass is 9.33. The number of aliphatic carboxylic acids is 1. The van der Waals surface area contributed by atoms with Crippen LogP contribution in [0.1, 0.15) is 120 Å². The average molecular weight is 1690 g/mol. The number of aliphatic hydroxyl groups excluding tert-OH is 21. The molecule has 0 radical (unpaired) electrons. The van der Waals surface area contributed by atoms with Gasteiger partial charge in [0.15, 0.2) is 56.2 Å². The SMILES string of the molecule is CC1OC(OC2C(O)C(C(=O)O)OC(OC3CCC4(C)C(CCC5(C)C4CC=C4C6CC(C)(C)CCC6(C(=O)OC6OC(C)C(O)C(O)C6OC6OC(C)C(OC7OCC(O)C(O)C7O)C(OC7OC(CO)C(O)C(OC8OCC(O)C(O)C8O)C7O)C6O)C(O)CC45C)C3(C)C=O)C2OC2OC(CO)C(O)C(O)C2O)C(O)C(O)C1O. The van der Waals surface area contributed by atoms with Crippen LogP contribution in [0.2, 0.25) is 0 Å². The van der Waals surface area contributed by atoms with Crippen molar-refractivity contribution in [2.45, 2.75) is 366 Å². The van der Waals surface area contributed by atoms with Crippen molar-refractivity contribution < 1.29 is 203 Å². The topological polar surface area (TPSA) is 644 Å². The van der Waals surface area contributed by atoms with Crippen molar-refractivity contribution in [2.75, 3.05) is 26.4 Å². The Labute approximate surface area is 672 Å². The molecule has 8 saturated heterocycles. The molecule has 0 aromatic heterocycles. The molecule has 0 aromatic carbocycles. The largest absolute Gasteiger partial charge is 0.479 e. The molecule has 0 spiro atoms. The molecule has 22 N–H and O–H groups in total. The van der Waals surface area contributed by atoms with E-state index in [1.807, 2.05) is 13.8 Å². The van der Waals surface area contributed by atoms with E-state index < -0.39 is 328 Å². The van der Waals surface area contributed by atoms with Gasteiger partial charge >= 0.3 is 11.9 Å². The lowest BCUT2D eigenvalue weighted by Gasteiger charge is -2.71. The van der Waals surface area contributed by atoms with Crippen LogP contribution >= 0.6 is 0 Å². The van der Waals surface area contributed by atoms with E-state index in [0.29, 0.717) is 38.5 Å². The number of rotatable bonds is 20. The zero-order valence-corrected chi connectivity index (χ0v) is 66.3. The minimum Gasteiger partial charge on any atom is -0.479 e. The molecule has 41 heteroatoms. The predicted molar refractivity (Wildman–Crippen MR) is 379 cm³/mol. The molecule has 117 heavy (non-hydrogen) atoms. The van der Waals surface area contributed by atoms with E-state index in [-0.39, 0.29) is 25.2 Å². The number of fused-ring (bicyclic) bond motifs is 7. The van der Waals surface area contributed by atoms with Crippen molar-refractivity contribution in [1.29, 1.82) is 0 Å². The number of hydrogen-bond donors (Lipinski definition) is 22. The molecule has 8 heterocycles. The number of carboxylic acid groups (broad SMARTS) is 1. The Kier molecular flexibility index (Phi) is 27.2. The first-order chi connectivity index (χ1) is 54.9. The number of esters is 1. The molecule has 12 fully saturated rings. The van der Waals surface area contributed by atoms with Crippen molar-refractivity contribution in [3.8, 4) is 0 Å². The number of carbonyl (C=O) groups is 3. The number of ether oxygens (including phenoxy) is 16. The molecular weight excluding hydrogens is 1570 g/mol. The second-order valence-electron chi connectivity index (χ2n) is 36.4. The van der Waals surface area contributed by atoms with Gasteiger partial charge in [-0.25, -0.2) is 4.79 Å². The summed E-state index contributed by atoms with van der Waals surface area (Å²) in [7, 11) is 0. The normalized spacial score (nSPS) is 55.3. The van der Waals surface area contributed by atoms with Crippen LogP contribution in [0, 0.1) is 50.2 Å². The second kappa shape index (κ2) is 34.7. The minimum atomic E-state index is -2.25. The Morgan fingerprint density at radius 3 is 1.52 bits per heavy atom. The summed E-state index contributed by atoms with van der Waals surface area (Å²) < 4.78 is 97.0. The Balaban J connectivity index is 0.770. The summed E-state index contributed by atoms with van der Waals surface area (Å²) in [6.45, 7) is 13.1. The van der Waals surface area contributed by atoms with Gasteiger partial charge in [0.25, 0.3) is 0 Å². The third-order valence-electron chi connectivity index (χ3n) is 28.9. The number of hydrogen-bond acceptors (Lipinski definition) is 40. The number of aliphatic hydroxyl groups is 21. The zero-order chi connectivity index (χ0) is 85.5. The fourth-order valence-electron chi connectivity index (χ4n) is 21.7. The highest BCUT2D eigenvalue weighted by molar-refractivity contribution is 5.80. The van der Waals surface area contributed by atoms with E-state index in [4.69, 9.17) is 75.8 Å².